The lowest BCUT2D eigenvalue weighted by atomic mass is 9.91. The maximum Gasteiger partial charge on any atom is 0.133 e. The van der Waals surface area contributed by atoms with Crippen molar-refractivity contribution in [2.45, 2.75) is 32.2 Å². The molecule has 0 saturated carbocycles. The van der Waals surface area contributed by atoms with E-state index in [0.717, 1.165) is 31.1 Å². The molecule has 96 valence electrons. The van der Waals surface area contributed by atoms with Gasteiger partial charge in [0.15, 0.2) is 0 Å². The molecule has 5 heteroatoms. The van der Waals surface area contributed by atoms with E-state index >= 15 is 0 Å². The van der Waals surface area contributed by atoms with Crippen molar-refractivity contribution < 1.29 is 4.52 Å². The lowest BCUT2D eigenvalue weighted by Gasteiger charge is -2.30. The molecule has 0 unspecified atom stereocenters. The van der Waals surface area contributed by atoms with Gasteiger partial charge in [-0.05, 0) is 44.3 Å². The standard InChI is InChI=1S/C13H18N4O/c1-10-6-13(16-18-10)9-17-4-2-11(3-5-17)12-7-14-15-8-12/h6-8,11H,2-5,9H2,1H3,(H,14,15). The summed E-state index contributed by atoms with van der Waals surface area (Å²) in [5.41, 5.74) is 2.38. The van der Waals surface area contributed by atoms with Crippen LogP contribution in [0.5, 0.6) is 0 Å². The van der Waals surface area contributed by atoms with Crippen LogP contribution in [-0.2, 0) is 6.54 Å². The van der Waals surface area contributed by atoms with Crippen LogP contribution in [-0.4, -0.2) is 33.3 Å². The molecule has 1 aliphatic heterocycles. The van der Waals surface area contributed by atoms with Crippen LogP contribution < -0.4 is 0 Å². The Kier molecular flexibility index (Phi) is 3.15. The van der Waals surface area contributed by atoms with Crippen LogP contribution in [0.25, 0.3) is 0 Å². The first-order valence-electron chi connectivity index (χ1n) is 6.44. The summed E-state index contributed by atoms with van der Waals surface area (Å²) < 4.78 is 5.10. The molecule has 5 nitrogen and oxygen atoms in total. The van der Waals surface area contributed by atoms with Crippen LogP contribution in [0.1, 0.15) is 35.8 Å². The summed E-state index contributed by atoms with van der Waals surface area (Å²) in [6.45, 7) is 5.06. The summed E-state index contributed by atoms with van der Waals surface area (Å²) in [4.78, 5) is 2.44. The number of hydrogen-bond donors (Lipinski definition) is 1. The molecule has 1 N–H and O–H groups in total. The number of H-pyrrole nitrogens is 1. The molecule has 18 heavy (non-hydrogen) atoms. The predicted octanol–water partition coefficient (Wildman–Crippen LogP) is 2.09. The molecule has 0 amide bonds. The van der Waals surface area contributed by atoms with Gasteiger partial charge in [-0.15, -0.1) is 0 Å². The average molecular weight is 246 g/mol. The highest BCUT2D eigenvalue weighted by atomic mass is 16.5. The molecular formula is C13H18N4O. The van der Waals surface area contributed by atoms with E-state index in [1.807, 2.05) is 25.4 Å². The molecule has 0 spiro atoms. The van der Waals surface area contributed by atoms with E-state index in [4.69, 9.17) is 4.52 Å². The summed E-state index contributed by atoms with van der Waals surface area (Å²) in [5.74, 6) is 1.54. The van der Waals surface area contributed by atoms with Gasteiger partial charge in [-0.1, -0.05) is 5.16 Å². The Hall–Kier alpha value is -1.62. The van der Waals surface area contributed by atoms with E-state index in [9.17, 15) is 0 Å². The number of likely N-dealkylation sites (tertiary alicyclic amines) is 1. The normalized spacial score (nSPS) is 18.3. The largest absolute Gasteiger partial charge is 0.361 e. The van der Waals surface area contributed by atoms with Crippen molar-refractivity contribution in [1.29, 1.82) is 0 Å². The van der Waals surface area contributed by atoms with E-state index in [-0.39, 0.29) is 0 Å². The molecule has 1 aliphatic rings. The zero-order chi connectivity index (χ0) is 12.4. The minimum atomic E-state index is 0.652. The zero-order valence-corrected chi connectivity index (χ0v) is 10.6. The monoisotopic (exact) mass is 246 g/mol. The Labute approximate surface area is 106 Å². The number of nitrogens with zero attached hydrogens (tertiary/aromatic N) is 3. The van der Waals surface area contributed by atoms with Crippen molar-refractivity contribution in [1.82, 2.24) is 20.3 Å². The molecule has 2 aromatic rings. The van der Waals surface area contributed by atoms with Crippen molar-refractivity contribution in [2.75, 3.05) is 13.1 Å². The third kappa shape index (κ3) is 2.46. The van der Waals surface area contributed by atoms with Crippen molar-refractivity contribution in [2.24, 2.45) is 0 Å². The van der Waals surface area contributed by atoms with E-state index in [1.54, 1.807) is 0 Å². The first-order chi connectivity index (χ1) is 8.81. The van der Waals surface area contributed by atoms with Crippen LogP contribution in [0.3, 0.4) is 0 Å². The maximum atomic E-state index is 5.10. The van der Waals surface area contributed by atoms with Crippen LogP contribution in [0, 0.1) is 6.92 Å². The second kappa shape index (κ2) is 4.94. The van der Waals surface area contributed by atoms with Gasteiger partial charge in [0.05, 0.1) is 11.9 Å². The zero-order valence-electron chi connectivity index (χ0n) is 10.6. The molecule has 0 bridgehead atoms. The van der Waals surface area contributed by atoms with Crippen LogP contribution >= 0.6 is 0 Å². The lowest BCUT2D eigenvalue weighted by Crippen LogP contribution is -2.32. The molecule has 3 heterocycles. The lowest BCUT2D eigenvalue weighted by molar-refractivity contribution is 0.199. The van der Waals surface area contributed by atoms with Gasteiger partial charge in [-0.3, -0.25) is 10.00 Å². The smallest absolute Gasteiger partial charge is 0.133 e. The van der Waals surface area contributed by atoms with Crippen LogP contribution in [0.4, 0.5) is 0 Å². The Morgan fingerprint density at radius 1 is 1.44 bits per heavy atom. The van der Waals surface area contributed by atoms with Gasteiger partial charge in [-0.2, -0.15) is 5.10 Å². The number of piperidine rings is 1. The van der Waals surface area contributed by atoms with Crippen molar-refractivity contribution in [3.8, 4) is 0 Å². The fourth-order valence-electron chi connectivity index (χ4n) is 2.63. The summed E-state index contributed by atoms with van der Waals surface area (Å²) >= 11 is 0. The molecule has 1 fully saturated rings. The third-order valence-corrected chi connectivity index (χ3v) is 3.64. The molecule has 2 aromatic heterocycles. The first kappa shape index (κ1) is 11.5. The van der Waals surface area contributed by atoms with Crippen LogP contribution in [0.15, 0.2) is 23.0 Å². The number of hydrogen-bond acceptors (Lipinski definition) is 4. The van der Waals surface area contributed by atoms with E-state index in [2.05, 4.69) is 20.3 Å². The fourth-order valence-corrected chi connectivity index (χ4v) is 2.63. The van der Waals surface area contributed by atoms with E-state index in [1.165, 1.54) is 18.4 Å². The molecule has 0 aromatic carbocycles. The summed E-state index contributed by atoms with van der Waals surface area (Å²) in [7, 11) is 0. The first-order valence-corrected chi connectivity index (χ1v) is 6.44. The summed E-state index contributed by atoms with van der Waals surface area (Å²) in [5, 5.41) is 11.0. The van der Waals surface area contributed by atoms with Gasteiger partial charge in [0.25, 0.3) is 0 Å². The van der Waals surface area contributed by atoms with Gasteiger partial charge in [0.1, 0.15) is 5.76 Å². The molecule has 0 aliphatic carbocycles. The Morgan fingerprint density at radius 2 is 2.28 bits per heavy atom. The second-order valence-electron chi connectivity index (χ2n) is 5.01. The quantitative estimate of drug-likeness (QED) is 0.901. The molecule has 0 radical (unpaired) electrons. The Balaban J connectivity index is 1.54. The molecule has 0 atom stereocenters. The van der Waals surface area contributed by atoms with E-state index in [0.29, 0.717) is 5.92 Å². The van der Waals surface area contributed by atoms with Gasteiger partial charge >= 0.3 is 0 Å². The summed E-state index contributed by atoms with van der Waals surface area (Å²) in [6, 6.07) is 2.02. The van der Waals surface area contributed by atoms with Gasteiger partial charge < -0.3 is 4.52 Å². The van der Waals surface area contributed by atoms with Crippen molar-refractivity contribution >= 4 is 0 Å². The predicted molar refractivity (Wildman–Crippen MR) is 67.1 cm³/mol. The topological polar surface area (TPSA) is 58.0 Å². The number of rotatable bonds is 3. The number of nitrogens with one attached hydrogen (secondary N) is 1. The number of aromatic nitrogens is 3. The minimum absolute atomic E-state index is 0.652. The van der Waals surface area contributed by atoms with Gasteiger partial charge in [0.2, 0.25) is 0 Å². The summed E-state index contributed by atoms with van der Waals surface area (Å²) in [6.07, 6.45) is 6.34. The van der Waals surface area contributed by atoms with Gasteiger partial charge in [-0.25, -0.2) is 0 Å². The number of aromatic amines is 1. The third-order valence-electron chi connectivity index (χ3n) is 3.64. The SMILES string of the molecule is Cc1cc(CN2CCC(c3cn[nH]c3)CC2)no1. The second-order valence-corrected chi connectivity index (χ2v) is 5.01. The fraction of sp³-hybridized carbons (Fsp3) is 0.538. The Morgan fingerprint density at radius 3 is 2.89 bits per heavy atom. The molecule has 1 saturated heterocycles. The Bertz CT molecular complexity index is 483. The molecular weight excluding hydrogens is 228 g/mol. The highest BCUT2D eigenvalue weighted by Gasteiger charge is 2.21. The molecule has 3 rings (SSSR count). The highest BCUT2D eigenvalue weighted by Crippen LogP contribution is 2.27. The van der Waals surface area contributed by atoms with Gasteiger partial charge in [0, 0.05) is 18.8 Å². The van der Waals surface area contributed by atoms with E-state index < -0.39 is 0 Å². The minimum Gasteiger partial charge on any atom is -0.361 e. The average Bonchev–Trinajstić information content (AvgIpc) is 3.02. The number of aryl methyl sites for hydroxylation is 1. The van der Waals surface area contributed by atoms with Crippen molar-refractivity contribution in [3.63, 3.8) is 0 Å². The van der Waals surface area contributed by atoms with Crippen molar-refractivity contribution in [3.05, 3.63) is 35.5 Å². The maximum absolute atomic E-state index is 5.10. The highest BCUT2D eigenvalue weighted by molar-refractivity contribution is 5.11. The van der Waals surface area contributed by atoms with Crippen LogP contribution in [0.2, 0.25) is 0 Å².